The molecule has 1 aromatic rings. The van der Waals surface area contributed by atoms with Crippen LogP contribution < -0.4 is 11.1 Å². The SMILES string of the molecule is CC(CNc1cccc(C(=O)O)c1N)C1CC1. The third-order valence-electron chi connectivity index (χ3n) is 3.38. The van der Waals surface area contributed by atoms with Gasteiger partial charge in [0.25, 0.3) is 0 Å². The summed E-state index contributed by atoms with van der Waals surface area (Å²) in [7, 11) is 0. The highest BCUT2D eigenvalue weighted by atomic mass is 16.4. The zero-order valence-corrected chi connectivity index (χ0v) is 9.94. The Kier molecular flexibility index (Phi) is 3.22. The number of para-hydroxylation sites is 1. The van der Waals surface area contributed by atoms with Gasteiger partial charge in [-0.25, -0.2) is 4.79 Å². The van der Waals surface area contributed by atoms with Gasteiger partial charge in [-0.05, 0) is 36.8 Å². The molecule has 1 fully saturated rings. The maximum absolute atomic E-state index is 10.9. The average molecular weight is 234 g/mol. The van der Waals surface area contributed by atoms with Crippen LogP contribution in [0.25, 0.3) is 0 Å². The zero-order chi connectivity index (χ0) is 12.4. The number of nitrogens with two attached hydrogens (primary N) is 1. The molecule has 4 heteroatoms. The van der Waals surface area contributed by atoms with Crippen molar-refractivity contribution in [1.29, 1.82) is 0 Å². The predicted molar refractivity (Wildman–Crippen MR) is 68.2 cm³/mol. The fourth-order valence-electron chi connectivity index (χ4n) is 2.01. The van der Waals surface area contributed by atoms with Crippen LogP contribution in [0.2, 0.25) is 0 Å². The number of anilines is 2. The predicted octanol–water partition coefficient (Wildman–Crippen LogP) is 2.43. The highest BCUT2D eigenvalue weighted by Crippen LogP contribution is 2.36. The smallest absolute Gasteiger partial charge is 0.337 e. The van der Waals surface area contributed by atoms with Gasteiger partial charge in [0, 0.05) is 6.54 Å². The monoisotopic (exact) mass is 234 g/mol. The van der Waals surface area contributed by atoms with Gasteiger partial charge in [-0.15, -0.1) is 0 Å². The van der Waals surface area contributed by atoms with Crippen molar-refractivity contribution in [2.24, 2.45) is 11.8 Å². The van der Waals surface area contributed by atoms with Crippen molar-refractivity contribution >= 4 is 17.3 Å². The van der Waals surface area contributed by atoms with Crippen molar-refractivity contribution in [2.45, 2.75) is 19.8 Å². The van der Waals surface area contributed by atoms with Gasteiger partial charge in [-0.3, -0.25) is 0 Å². The zero-order valence-electron chi connectivity index (χ0n) is 9.94. The molecule has 0 radical (unpaired) electrons. The van der Waals surface area contributed by atoms with E-state index in [0.29, 0.717) is 11.6 Å². The van der Waals surface area contributed by atoms with Crippen LogP contribution in [-0.2, 0) is 0 Å². The highest BCUT2D eigenvalue weighted by Gasteiger charge is 2.27. The molecular formula is C13H18N2O2. The molecule has 4 nitrogen and oxygen atoms in total. The third kappa shape index (κ3) is 2.70. The van der Waals surface area contributed by atoms with Gasteiger partial charge < -0.3 is 16.2 Å². The summed E-state index contributed by atoms with van der Waals surface area (Å²) in [6.45, 7) is 3.06. The van der Waals surface area contributed by atoms with Crippen LogP contribution in [0.3, 0.4) is 0 Å². The van der Waals surface area contributed by atoms with E-state index >= 15 is 0 Å². The van der Waals surface area contributed by atoms with Crippen molar-refractivity contribution in [1.82, 2.24) is 0 Å². The van der Waals surface area contributed by atoms with E-state index in [1.165, 1.54) is 18.9 Å². The number of nitrogen functional groups attached to an aromatic ring is 1. The summed E-state index contributed by atoms with van der Waals surface area (Å²) in [5, 5.41) is 12.2. The number of carboxylic acids is 1. The van der Waals surface area contributed by atoms with Gasteiger partial charge in [0.1, 0.15) is 0 Å². The number of carbonyl (C=O) groups is 1. The van der Waals surface area contributed by atoms with E-state index in [9.17, 15) is 4.79 Å². The molecule has 17 heavy (non-hydrogen) atoms. The van der Waals surface area contributed by atoms with Crippen molar-refractivity contribution in [3.63, 3.8) is 0 Å². The van der Waals surface area contributed by atoms with Crippen LogP contribution in [0.4, 0.5) is 11.4 Å². The summed E-state index contributed by atoms with van der Waals surface area (Å²) < 4.78 is 0. The van der Waals surface area contributed by atoms with E-state index < -0.39 is 5.97 Å². The van der Waals surface area contributed by atoms with Gasteiger partial charge in [0.05, 0.1) is 16.9 Å². The molecular weight excluding hydrogens is 216 g/mol. The van der Waals surface area contributed by atoms with E-state index in [2.05, 4.69) is 12.2 Å². The quantitative estimate of drug-likeness (QED) is 0.684. The van der Waals surface area contributed by atoms with Gasteiger partial charge in [0.2, 0.25) is 0 Å². The number of hydrogen-bond donors (Lipinski definition) is 3. The minimum atomic E-state index is -0.985. The van der Waals surface area contributed by atoms with Crippen LogP contribution >= 0.6 is 0 Å². The molecule has 0 heterocycles. The van der Waals surface area contributed by atoms with Crippen molar-refractivity contribution in [3.8, 4) is 0 Å². The Bertz CT molecular complexity index is 427. The second-order valence-electron chi connectivity index (χ2n) is 4.77. The third-order valence-corrected chi connectivity index (χ3v) is 3.38. The van der Waals surface area contributed by atoms with Crippen molar-refractivity contribution in [2.75, 3.05) is 17.6 Å². The molecule has 1 aromatic carbocycles. The molecule has 0 aromatic heterocycles. The molecule has 0 bridgehead atoms. The molecule has 2 rings (SSSR count). The average Bonchev–Trinajstić information content (AvgIpc) is 3.10. The maximum Gasteiger partial charge on any atom is 0.337 e. The molecule has 0 saturated heterocycles. The Morgan fingerprint density at radius 3 is 2.88 bits per heavy atom. The van der Waals surface area contributed by atoms with Crippen LogP contribution in [-0.4, -0.2) is 17.6 Å². The maximum atomic E-state index is 10.9. The molecule has 0 aliphatic heterocycles. The fraction of sp³-hybridized carbons (Fsp3) is 0.462. The lowest BCUT2D eigenvalue weighted by Crippen LogP contribution is -2.15. The lowest BCUT2D eigenvalue weighted by molar-refractivity contribution is 0.0698. The molecule has 1 atom stereocenters. The lowest BCUT2D eigenvalue weighted by Gasteiger charge is -2.15. The minimum absolute atomic E-state index is 0.161. The Labute approximate surface area is 101 Å². The first-order valence-electron chi connectivity index (χ1n) is 5.95. The molecule has 1 aliphatic rings. The number of hydrogen-bond acceptors (Lipinski definition) is 3. The van der Waals surface area contributed by atoms with E-state index in [1.807, 2.05) is 6.07 Å². The van der Waals surface area contributed by atoms with Crippen molar-refractivity contribution in [3.05, 3.63) is 23.8 Å². The van der Waals surface area contributed by atoms with Crippen LogP contribution in [0.1, 0.15) is 30.1 Å². The van der Waals surface area contributed by atoms with E-state index in [0.717, 1.165) is 18.2 Å². The van der Waals surface area contributed by atoms with Gasteiger partial charge >= 0.3 is 5.97 Å². The summed E-state index contributed by atoms with van der Waals surface area (Å²) in [6.07, 6.45) is 2.63. The Hall–Kier alpha value is -1.71. The number of rotatable bonds is 5. The first-order chi connectivity index (χ1) is 8.09. The number of aromatic carboxylic acids is 1. The number of benzene rings is 1. The molecule has 1 aliphatic carbocycles. The second-order valence-corrected chi connectivity index (χ2v) is 4.77. The molecule has 1 unspecified atom stereocenters. The summed E-state index contributed by atoms with van der Waals surface area (Å²) >= 11 is 0. The minimum Gasteiger partial charge on any atom is -0.478 e. The summed E-state index contributed by atoms with van der Waals surface area (Å²) in [6, 6.07) is 5.05. The van der Waals surface area contributed by atoms with Gasteiger partial charge in [-0.2, -0.15) is 0 Å². The van der Waals surface area contributed by atoms with Gasteiger partial charge in [-0.1, -0.05) is 13.0 Å². The standard InChI is InChI=1S/C13H18N2O2/c1-8(9-5-6-9)7-15-11-4-2-3-10(12(11)14)13(16)17/h2-4,8-9,15H,5-7,14H2,1H3,(H,16,17). The van der Waals surface area contributed by atoms with Crippen LogP contribution in [0.5, 0.6) is 0 Å². The molecule has 92 valence electrons. The summed E-state index contributed by atoms with van der Waals surface area (Å²) in [5.74, 6) is 0.454. The Morgan fingerprint density at radius 2 is 2.29 bits per heavy atom. The van der Waals surface area contributed by atoms with Gasteiger partial charge in [0.15, 0.2) is 0 Å². The first-order valence-corrected chi connectivity index (χ1v) is 5.95. The first kappa shape index (κ1) is 11.8. The van der Waals surface area contributed by atoms with Crippen molar-refractivity contribution < 1.29 is 9.90 Å². The molecule has 0 amide bonds. The largest absolute Gasteiger partial charge is 0.478 e. The topological polar surface area (TPSA) is 75.3 Å². The van der Waals surface area contributed by atoms with Crippen LogP contribution in [0.15, 0.2) is 18.2 Å². The summed E-state index contributed by atoms with van der Waals surface area (Å²) in [4.78, 5) is 10.9. The van der Waals surface area contributed by atoms with E-state index in [-0.39, 0.29) is 5.56 Å². The summed E-state index contributed by atoms with van der Waals surface area (Å²) in [5.41, 5.74) is 7.02. The molecule has 1 saturated carbocycles. The number of carboxylic acid groups (broad SMARTS) is 1. The Morgan fingerprint density at radius 1 is 1.59 bits per heavy atom. The highest BCUT2D eigenvalue weighted by molar-refractivity contribution is 5.97. The second kappa shape index (κ2) is 4.65. The number of nitrogens with one attached hydrogen (secondary N) is 1. The van der Waals surface area contributed by atoms with Crippen LogP contribution in [0, 0.1) is 11.8 Å². The molecule has 0 spiro atoms. The van der Waals surface area contributed by atoms with E-state index in [4.69, 9.17) is 10.8 Å². The normalized spacial score (nSPS) is 16.5. The lowest BCUT2D eigenvalue weighted by atomic mass is 10.1. The van der Waals surface area contributed by atoms with E-state index in [1.54, 1.807) is 6.07 Å². The fourth-order valence-corrected chi connectivity index (χ4v) is 2.01. The molecule has 4 N–H and O–H groups in total. The Balaban J connectivity index is 2.04.